The van der Waals surface area contributed by atoms with E-state index in [1.807, 2.05) is 0 Å². The number of hydrogen-bond acceptors (Lipinski definition) is 8. The molecule has 0 fully saturated rings. The van der Waals surface area contributed by atoms with Gasteiger partial charge in [-0.2, -0.15) is 5.10 Å². The van der Waals surface area contributed by atoms with E-state index in [-0.39, 0.29) is 5.56 Å². The lowest BCUT2D eigenvalue weighted by Crippen LogP contribution is -2.34. The number of aromatic hydroxyl groups is 1. The van der Waals surface area contributed by atoms with Gasteiger partial charge < -0.3 is 5.11 Å². The van der Waals surface area contributed by atoms with Crippen LogP contribution < -0.4 is 11.0 Å². The molecule has 0 saturated carbocycles. The Morgan fingerprint density at radius 3 is 3.03 bits per heavy atom. The molecule has 0 spiro atoms. The highest BCUT2D eigenvalue weighted by Crippen LogP contribution is 2.35. The summed E-state index contributed by atoms with van der Waals surface area (Å²) < 4.78 is 1.30. The van der Waals surface area contributed by atoms with Crippen LogP contribution in [0.25, 0.3) is 10.2 Å². The molecule has 166 valence electrons. The van der Waals surface area contributed by atoms with Crippen molar-refractivity contribution in [1.29, 1.82) is 0 Å². The van der Waals surface area contributed by atoms with Crippen LogP contribution >= 0.6 is 11.3 Å². The maximum atomic E-state index is 13.1. The molecule has 0 radical (unpaired) electrons. The molecule has 32 heavy (non-hydrogen) atoms. The lowest BCUT2D eigenvalue weighted by atomic mass is 9.89. The van der Waals surface area contributed by atoms with Crippen LogP contribution in [0.4, 0.5) is 5.69 Å². The first-order chi connectivity index (χ1) is 15.3. The molecule has 1 aliphatic rings. The number of hydrazone groups is 1. The lowest BCUT2D eigenvalue weighted by molar-refractivity contribution is -0.385. The number of aromatic nitrogens is 2. The fourth-order valence-corrected chi connectivity index (χ4v) is 5.12. The second-order valence-electron chi connectivity index (χ2n) is 7.90. The fraction of sp³-hybridized carbons (Fsp3) is 0.333. The van der Waals surface area contributed by atoms with Gasteiger partial charge in [0, 0.05) is 16.5 Å². The quantitative estimate of drug-likeness (QED) is 0.344. The van der Waals surface area contributed by atoms with Crippen molar-refractivity contribution in [3.63, 3.8) is 0 Å². The Labute approximate surface area is 186 Å². The van der Waals surface area contributed by atoms with Crippen LogP contribution in [-0.4, -0.2) is 31.7 Å². The minimum absolute atomic E-state index is 0.247. The normalized spacial score (nSPS) is 16.8. The number of nitro benzene ring substituents is 1. The van der Waals surface area contributed by atoms with E-state index < -0.39 is 28.3 Å². The number of phenolic OH excluding ortho intramolecular Hbond substituents is 1. The zero-order chi connectivity index (χ0) is 23.0. The number of fused-ring (bicyclic) bond motifs is 3. The van der Waals surface area contributed by atoms with E-state index in [1.54, 1.807) is 18.3 Å². The molecule has 1 amide bonds. The van der Waals surface area contributed by atoms with E-state index in [4.69, 9.17) is 0 Å². The van der Waals surface area contributed by atoms with Gasteiger partial charge in [-0.05, 0) is 49.8 Å². The van der Waals surface area contributed by atoms with Gasteiger partial charge in [-0.3, -0.25) is 24.3 Å². The van der Waals surface area contributed by atoms with Gasteiger partial charge in [-0.15, -0.1) is 11.3 Å². The van der Waals surface area contributed by atoms with Crippen LogP contribution in [0.3, 0.4) is 0 Å². The monoisotopic (exact) mass is 455 g/mol. The van der Waals surface area contributed by atoms with Crippen LogP contribution in [0.1, 0.15) is 42.3 Å². The summed E-state index contributed by atoms with van der Waals surface area (Å²) in [6, 6.07) is 2.87. The Balaban J connectivity index is 1.54. The van der Waals surface area contributed by atoms with Gasteiger partial charge in [0.05, 0.1) is 22.9 Å². The minimum Gasteiger partial charge on any atom is -0.502 e. The molecule has 0 saturated heterocycles. The summed E-state index contributed by atoms with van der Waals surface area (Å²) in [5.41, 5.74) is 3.00. The van der Waals surface area contributed by atoms with Crippen LogP contribution in [-0.2, 0) is 17.6 Å². The molecule has 1 aliphatic carbocycles. The Hall–Kier alpha value is -3.60. The van der Waals surface area contributed by atoms with E-state index in [2.05, 4.69) is 22.4 Å². The standard InChI is InChI=1S/C21H21N5O5S/c1-11-3-5-14-17(7-11)32-20-18(14)21(29)25(10-22-20)12(2)19(28)24-23-9-13-4-6-16(27)15(8-13)26(30)31/h4,6,8-12,27H,3,5,7H2,1-2H3,(H,24,28)/b23-9+. The third kappa shape index (κ3) is 3.98. The SMILES string of the molecule is CC1CCc2c(sc3ncn(C(C)C(=O)N/N=C/c4ccc(O)c([N+](=O)[O-])c4)c(=O)c23)C1. The highest BCUT2D eigenvalue weighted by atomic mass is 32.1. The second kappa shape index (κ2) is 8.50. The van der Waals surface area contributed by atoms with Gasteiger partial charge in [-0.1, -0.05) is 6.92 Å². The number of nitrogens with zero attached hydrogens (tertiary/aromatic N) is 4. The maximum absolute atomic E-state index is 13.1. The summed E-state index contributed by atoms with van der Waals surface area (Å²) in [6.45, 7) is 3.77. The molecule has 2 aromatic heterocycles. The number of hydrogen-bond donors (Lipinski definition) is 2. The van der Waals surface area contributed by atoms with Crippen LogP contribution in [0.5, 0.6) is 5.75 Å². The molecule has 0 aliphatic heterocycles. The van der Waals surface area contributed by atoms with Crippen molar-refractivity contribution in [3.8, 4) is 5.75 Å². The summed E-state index contributed by atoms with van der Waals surface area (Å²) in [6.07, 6.45) is 5.40. The molecule has 11 heteroatoms. The van der Waals surface area contributed by atoms with Crippen molar-refractivity contribution >= 4 is 39.4 Å². The van der Waals surface area contributed by atoms with Crippen LogP contribution in [0.15, 0.2) is 34.4 Å². The zero-order valence-electron chi connectivity index (χ0n) is 17.4. The maximum Gasteiger partial charge on any atom is 0.311 e. The average molecular weight is 455 g/mol. The summed E-state index contributed by atoms with van der Waals surface area (Å²) in [4.78, 5) is 42.2. The molecule has 2 unspecified atom stereocenters. The van der Waals surface area contributed by atoms with E-state index >= 15 is 0 Å². The van der Waals surface area contributed by atoms with Gasteiger partial charge in [0.15, 0.2) is 5.75 Å². The van der Waals surface area contributed by atoms with Crippen LogP contribution in [0.2, 0.25) is 0 Å². The number of phenols is 1. The largest absolute Gasteiger partial charge is 0.502 e. The number of benzene rings is 1. The summed E-state index contributed by atoms with van der Waals surface area (Å²) in [5.74, 6) is -0.414. The smallest absolute Gasteiger partial charge is 0.311 e. The predicted molar refractivity (Wildman–Crippen MR) is 120 cm³/mol. The number of nitrogens with one attached hydrogen (secondary N) is 1. The Morgan fingerprint density at radius 2 is 2.28 bits per heavy atom. The third-order valence-corrected chi connectivity index (χ3v) is 6.78. The molecule has 2 heterocycles. The van der Waals surface area contributed by atoms with Gasteiger partial charge >= 0.3 is 5.69 Å². The first kappa shape index (κ1) is 21.6. The van der Waals surface area contributed by atoms with E-state index in [1.165, 1.54) is 34.1 Å². The van der Waals surface area contributed by atoms with Gasteiger partial charge in [0.1, 0.15) is 10.9 Å². The average Bonchev–Trinajstić information content (AvgIpc) is 3.12. The fourth-order valence-electron chi connectivity index (χ4n) is 3.78. The molecule has 2 N–H and O–H groups in total. The molecule has 0 bridgehead atoms. The first-order valence-electron chi connectivity index (χ1n) is 10.1. The van der Waals surface area contributed by atoms with Gasteiger partial charge in [-0.25, -0.2) is 10.4 Å². The number of nitro groups is 1. The van der Waals surface area contributed by atoms with Crippen molar-refractivity contribution in [2.24, 2.45) is 11.0 Å². The second-order valence-corrected chi connectivity index (χ2v) is 8.99. The Morgan fingerprint density at radius 1 is 1.50 bits per heavy atom. The van der Waals surface area contributed by atoms with Crippen molar-refractivity contribution in [3.05, 3.63) is 61.0 Å². The number of carbonyl (C=O) groups is 1. The topological polar surface area (TPSA) is 140 Å². The molecule has 1 aromatic carbocycles. The van der Waals surface area contributed by atoms with Crippen molar-refractivity contribution in [2.45, 2.75) is 39.2 Å². The minimum atomic E-state index is -0.858. The highest BCUT2D eigenvalue weighted by Gasteiger charge is 2.25. The molecule has 4 rings (SSSR count). The van der Waals surface area contributed by atoms with Crippen LogP contribution in [0, 0.1) is 16.0 Å². The zero-order valence-corrected chi connectivity index (χ0v) is 18.3. The van der Waals surface area contributed by atoms with Gasteiger partial charge in [0.25, 0.3) is 11.5 Å². The molecular formula is C21H21N5O5S. The van der Waals surface area contributed by atoms with Gasteiger partial charge in [0.2, 0.25) is 0 Å². The molecule has 2 atom stereocenters. The van der Waals surface area contributed by atoms with E-state index in [9.17, 15) is 24.8 Å². The molecule has 10 nitrogen and oxygen atoms in total. The Bertz CT molecular complexity index is 1310. The number of thiophene rings is 1. The number of aryl methyl sites for hydroxylation is 1. The number of rotatable bonds is 5. The predicted octanol–water partition coefficient (Wildman–Crippen LogP) is 2.91. The summed E-state index contributed by atoms with van der Waals surface area (Å²) in [5, 5.41) is 24.8. The van der Waals surface area contributed by atoms with E-state index in [0.29, 0.717) is 21.7 Å². The molecule has 3 aromatic rings. The highest BCUT2D eigenvalue weighted by molar-refractivity contribution is 7.18. The van der Waals surface area contributed by atoms with Crippen molar-refractivity contribution in [1.82, 2.24) is 15.0 Å². The Kier molecular flexibility index (Phi) is 5.74. The van der Waals surface area contributed by atoms with E-state index in [0.717, 1.165) is 30.9 Å². The lowest BCUT2D eigenvalue weighted by Gasteiger charge is -2.18. The van der Waals surface area contributed by atoms with Crippen molar-refractivity contribution in [2.75, 3.05) is 0 Å². The van der Waals surface area contributed by atoms with Crippen molar-refractivity contribution < 1.29 is 14.8 Å². The summed E-state index contributed by atoms with van der Waals surface area (Å²) >= 11 is 1.55. The molecular weight excluding hydrogens is 434 g/mol. The first-order valence-corrected chi connectivity index (χ1v) is 10.9. The number of carbonyl (C=O) groups excluding carboxylic acids is 1. The summed E-state index contributed by atoms with van der Waals surface area (Å²) in [7, 11) is 0. The third-order valence-electron chi connectivity index (χ3n) is 5.62. The number of amides is 1.